The monoisotopic (exact) mass is 333 g/mol. The lowest BCUT2D eigenvalue weighted by molar-refractivity contribution is -0.0626. The van der Waals surface area contributed by atoms with Gasteiger partial charge >= 0.3 is 0 Å². The van der Waals surface area contributed by atoms with Crippen molar-refractivity contribution in [2.24, 2.45) is 17.3 Å². The lowest BCUT2D eigenvalue weighted by Gasteiger charge is -2.39. The Morgan fingerprint density at radius 1 is 1.14 bits per heavy atom. The van der Waals surface area contributed by atoms with Crippen molar-refractivity contribution in [3.05, 3.63) is 0 Å². The summed E-state index contributed by atoms with van der Waals surface area (Å²) >= 11 is 0. The van der Waals surface area contributed by atoms with Crippen LogP contribution in [0.2, 0.25) is 0 Å². The average molecular weight is 334 g/mol. The topological polar surface area (TPSA) is 32.7 Å². The van der Waals surface area contributed by atoms with Crippen LogP contribution in [0, 0.1) is 17.3 Å². The van der Waals surface area contributed by atoms with Gasteiger partial charge in [-0.3, -0.25) is 0 Å². The maximum atomic E-state index is 10.2. The molecule has 0 radical (unpaired) electrons. The van der Waals surface area contributed by atoms with Crippen LogP contribution in [0.15, 0.2) is 0 Å². The second kappa shape index (κ2) is 8.86. The van der Waals surface area contributed by atoms with E-state index in [1.54, 1.807) is 0 Å². The lowest BCUT2D eigenvalue weighted by atomic mass is 9.71. The summed E-state index contributed by atoms with van der Waals surface area (Å²) < 4.78 is 6.04. The molecule has 0 aromatic carbocycles. The third kappa shape index (κ3) is 6.74. The van der Waals surface area contributed by atoms with Gasteiger partial charge in [0.25, 0.3) is 0 Å². The van der Waals surface area contributed by atoms with Gasteiger partial charge in [0, 0.05) is 6.54 Å². The van der Waals surface area contributed by atoms with Crippen LogP contribution in [0.25, 0.3) is 0 Å². The van der Waals surface area contributed by atoms with E-state index >= 15 is 0 Å². The van der Waals surface area contributed by atoms with E-state index in [0.29, 0.717) is 18.1 Å². The predicted molar refractivity (Wildman–Crippen MR) is 94.6 cm³/mol. The van der Waals surface area contributed by atoms with E-state index in [4.69, 9.17) is 4.74 Å². The van der Waals surface area contributed by atoms with Gasteiger partial charge in [-0.1, -0.05) is 27.7 Å². The highest BCUT2D eigenvalue weighted by Gasteiger charge is 2.32. The molecule has 1 saturated carbocycles. The Morgan fingerprint density at radius 2 is 1.77 bits per heavy atom. The molecule has 1 N–H and O–H groups in total. The van der Waals surface area contributed by atoms with Gasteiger partial charge in [0.1, 0.15) is 0 Å². The number of nitrogens with zero attached hydrogens (tertiary/aromatic N) is 1. The molecule has 0 spiro atoms. The first-order valence-corrected chi connectivity index (χ1v) is 8.86. The van der Waals surface area contributed by atoms with Crippen LogP contribution in [-0.4, -0.2) is 48.5 Å². The number of hydrogen-bond acceptors (Lipinski definition) is 3. The maximum Gasteiger partial charge on any atom is 0.0900 e. The minimum atomic E-state index is -0.334. The molecule has 1 heterocycles. The van der Waals surface area contributed by atoms with Crippen molar-refractivity contribution >= 4 is 12.4 Å². The molecule has 0 amide bonds. The minimum absolute atomic E-state index is 0. The van der Waals surface area contributed by atoms with Gasteiger partial charge in [-0.2, -0.15) is 0 Å². The number of aliphatic hydroxyl groups excluding tert-OH is 1. The molecular formula is C18H36ClNO2. The molecule has 2 fully saturated rings. The van der Waals surface area contributed by atoms with Gasteiger partial charge in [0.2, 0.25) is 0 Å². The number of piperidine rings is 1. The predicted octanol–water partition coefficient (Wildman–Crippen LogP) is 3.73. The number of likely N-dealkylation sites (tertiary alicyclic amines) is 1. The number of halogens is 1. The van der Waals surface area contributed by atoms with Crippen molar-refractivity contribution in [2.45, 2.75) is 72.0 Å². The molecule has 0 aromatic heterocycles. The Kier molecular flexibility index (Phi) is 8.15. The SMILES string of the molecule is CC1CCN(CC(O)COC2CC(C)CC(C)(C)C2)CC1.Cl. The van der Waals surface area contributed by atoms with Gasteiger partial charge in [-0.05, 0) is 62.4 Å². The first-order chi connectivity index (χ1) is 9.84. The maximum absolute atomic E-state index is 10.2. The zero-order chi connectivity index (χ0) is 15.5. The summed E-state index contributed by atoms with van der Waals surface area (Å²) in [6.45, 7) is 12.9. The lowest BCUT2D eigenvalue weighted by Crippen LogP contribution is -2.41. The van der Waals surface area contributed by atoms with E-state index < -0.39 is 0 Å². The fourth-order valence-corrected chi connectivity index (χ4v) is 4.23. The first kappa shape index (κ1) is 20.2. The first-order valence-electron chi connectivity index (χ1n) is 8.86. The van der Waals surface area contributed by atoms with E-state index in [0.717, 1.165) is 44.3 Å². The number of ether oxygens (including phenoxy) is 1. The van der Waals surface area contributed by atoms with Crippen molar-refractivity contribution in [1.82, 2.24) is 4.90 Å². The van der Waals surface area contributed by atoms with Gasteiger partial charge in [0.15, 0.2) is 0 Å². The van der Waals surface area contributed by atoms with Crippen LogP contribution in [0.4, 0.5) is 0 Å². The Labute approximate surface area is 143 Å². The molecule has 3 atom stereocenters. The molecule has 3 nitrogen and oxygen atoms in total. The molecule has 22 heavy (non-hydrogen) atoms. The quantitative estimate of drug-likeness (QED) is 0.832. The molecule has 4 heteroatoms. The van der Waals surface area contributed by atoms with Crippen LogP contribution in [0.5, 0.6) is 0 Å². The summed E-state index contributed by atoms with van der Waals surface area (Å²) in [5.41, 5.74) is 0.385. The molecule has 0 aromatic rings. The summed E-state index contributed by atoms with van der Waals surface area (Å²) in [6, 6.07) is 0. The highest BCUT2D eigenvalue weighted by atomic mass is 35.5. The average Bonchev–Trinajstić information content (AvgIpc) is 2.37. The van der Waals surface area contributed by atoms with E-state index in [1.807, 2.05) is 0 Å². The van der Waals surface area contributed by atoms with E-state index in [2.05, 4.69) is 32.6 Å². The minimum Gasteiger partial charge on any atom is -0.389 e. The number of hydrogen-bond donors (Lipinski definition) is 1. The van der Waals surface area contributed by atoms with E-state index in [9.17, 15) is 5.11 Å². The largest absolute Gasteiger partial charge is 0.389 e. The molecule has 3 unspecified atom stereocenters. The highest BCUT2D eigenvalue weighted by molar-refractivity contribution is 5.85. The van der Waals surface area contributed by atoms with Crippen molar-refractivity contribution in [2.75, 3.05) is 26.2 Å². The van der Waals surface area contributed by atoms with Crippen LogP contribution in [-0.2, 0) is 4.74 Å². The fourth-order valence-electron chi connectivity index (χ4n) is 4.23. The third-order valence-electron chi connectivity index (χ3n) is 5.22. The standard InChI is InChI=1S/C18H35NO2.ClH/c1-14-5-7-19(8-6-14)12-16(20)13-21-17-9-15(2)10-18(3,4)11-17;/h14-17,20H,5-13H2,1-4H3;1H. The summed E-state index contributed by atoms with van der Waals surface area (Å²) in [5, 5.41) is 10.2. The van der Waals surface area contributed by atoms with Crippen molar-refractivity contribution in [3.63, 3.8) is 0 Å². The van der Waals surface area contributed by atoms with Crippen molar-refractivity contribution in [1.29, 1.82) is 0 Å². The smallest absolute Gasteiger partial charge is 0.0900 e. The molecule has 1 aliphatic carbocycles. The zero-order valence-corrected chi connectivity index (χ0v) is 15.7. The Balaban J connectivity index is 0.00000242. The van der Waals surface area contributed by atoms with Crippen LogP contribution in [0.1, 0.15) is 59.8 Å². The zero-order valence-electron chi connectivity index (χ0n) is 14.9. The van der Waals surface area contributed by atoms with Gasteiger partial charge in [0.05, 0.1) is 18.8 Å². The number of β-amino-alcohol motifs (C(OH)–C–C–N with tert-alkyl or cyclic N) is 1. The van der Waals surface area contributed by atoms with Crippen LogP contribution < -0.4 is 0 Å². The van der Waals surface area contributed by atoms with Crippen molar-refractivity contribution in [3.8, 4) is 0 Å². The van der Waals surface area contributed by atoms with Crippen molar-refractivity contribution < 1.29 is 9.84 Å². The third-order valence-corrected chi connectivity index (χ3v) is 5.22. The molecule has 2 aliphatic rings. The highest BCUT2D eigenvalue weighted by Crippen LogP contribution is 2.39. The number of rotatable bonds is 5. The second-order valence-corrected chi connectivity index (χ2v) is 8.51. The Hall–Kier alpha value is 0.170. The molecule has 0 bridgehead atoms. The number of aliphatic hydroxyl groups is 1. The Bertz CT molecular complexity index is 316. The Morgan fingerprint density at radius 3 is 2.36 bits per heavy atom. The molecule has 2 rings (SSSR count). The molecule has 132 valence electrons. The second-order valence-electron chi connectivity index (χ2n) is 8.51. The summed E-state index contributed by atoms with van der Waals surface area (Å²) in [5.74, 6) is 1.58. The van der Waals surface area contributed by atoms with E-state index in [1.165, 1.54) is 19.3 Å². The van der Waals surface area contributed by atoms with Crippen LogP contribution >= 0.6 is 12.4 Å². The normalized spacial score (nSPS) is 31.5. The summed E-state index contributed by atoms with van der Waals surface area (Å²) in [7, 11) is 0. The van der Waals surface area contributed by atoms with Crippen LogP contribution in [0.3, 0.4) is 0 Å². The molecular weight excluding hydrogens is 298 g/mol. The van der Waals surface area contributed by atoms with Gasteiger partial charge < -0.3 is 14.7 Å². The summed E-state index contributed by atoms with van der Waals surface area (Å²) in [4.78, 5) is 2.39. The van der Waals surface area contributed by atoms with E-state index in [-0.39, 0.29) is 18.5 Å². The molecule has 1 aliphatic heterocycles. The van der Waals surface area contributed by atoms with Gasteiger partial charge in [-0.15, -0.1) is 12.4 Å². The fraction of sp³-hybridized carbons (Fsp3) is 1.00. The summed E-state index contributed by atoms with van der Waals surface area (Å²) in [6.07, 6.45) is 6.10. The molecule has 1 saturated heterocycles. The van der Waals surface area contributed by atoms with Gasteiger partial charge in [-0.25, -0.2) is 0 Å².